The van der Waals surface area contributed by atoms with Gasteiger partial charge < -0.3 is 10.6 Å². The van der Waals surface area contributed by atoms with Crippen molar-refractivity contribution >= 4 is 53.1 Å². The summed E-state index contributed by atoms with van der Waals surface area (Å²) in [6, 6.07) is 5.92. The number of halogens is 2. The quantitative estimate of drug-likeness (QED) is 0.634. The number of aryl methyl sites for hydroxylation is 2. The molecule has 1 aliphatic heterocycles. The molecule has 3 aromatic rings. The largest absolute Gasteiger partial charge is 0.352 e. The van der Waals surface area contributed by atoms with Crippen molar-refractivity contribution in [2.45, 2.75) is 19.8 Å². The van der Waals surface area contributed by atoms with E-state index in [4.69, 9.17) is 4.98 Å². The third kappa shape index (κ3) is 4.49. The number of nitrogens with zero attached hydrogens (tertiary/aromatic N) is 3. The van der Waals surface area contributed by atoms with Gasteiger partial charge in [-0.25, -0.2) is 4.98 Å². The van der Waals surface area contributed by atoms with Crippen LogP contribution in [0, 0.1) is 12.8 Å². The minimum absolute atomic E-state index is 0. The molecule has 4 heterocycles. The predicted molar refractivity (Wildman–Crippen MR) is 119 cm³/mol. The highest BCUT2D eigenvalue weighted by atomic mass is 35.5. The number of rotatable bonds is 5. The molecular weight excluding hydrogens is 417 g/mol. The van der Waals surface area contributed by atoms with Crippen LogP contribution in [0.1, 0.15) is 28.9 Å². The molecule has 2 N–H and O–H groups in total. The fourth-order valence-electron chi connectivity index (χ4n) is 3.62. The average molecular weight is 442 g/mol. The van der Waals surface area contributed by atoms with E-state index in [0.29, 0.717) is 18.0 Å². The molecular formula is C19H25Cl2N5OS. The Kier molecular flexibility index (Phi) is 7.83. The van der Waals surface area contributed by atoms with Crippen LogP contribution in [-0.2, 0) is 7.05 Å². The maximum Gasteiger partial charge on any atom is 0.252 e. The summed E-state index contributed by atoms with van der Waals surface area (Å²) >= 11 is 1.62. The van der Waals surface area contributed by atoms with Crippen molar-refractivity contribution in [3.63, 3.8) is 0 Å². The Hall–Kier alpha value is -1.67. The Balaban J connectivity index is 0.00000140. The summed E-state index contributed by atoms with van der Waals surface area (Å²) in [4.78, 5) is 18.7. The van der Waals surface area contributed by atoms with E-state index in [2.05, 4.69) is 15.7 Å². The Morgan fingerprint density at radius 3 is 2.93 bits per heavy atom. The number of fused-ring (bicyclic) bond motifs is 1. The third-order valence-corrected chi connectivity index (χ3v) is 5.88. The van der Waals surface area contributed by atoms with Crippen molar-refractivity contribution in [3.05, 3.63) is 34.8 Å². The van der Waals surface area contributed by atoms with Crippen molar-refractivity contribution in [2.24, 2.45) is 13.0 Å². The zero-order valence-corrected chi connectivity index (χ0v) is 18.3. The molecule has 0 saturated carbocycles. The monoisotopic (exact) mass is 441 g/mol. The van der Waals surface area contributed by atoms with E-state index >= 15 is 0 Å². The van der Waals surface area contributed by atoms with Gasteiger partial charge in [0.15, 0.2) is 5.65 Å². The second-order valence-corrected chi connectivity index (χ2v) is 7.79. The zero-order chi connectivity index (χ0) is 18.1. The number of amides is 1. The van der Waals surface area contributed by atoms with Crippen LogP contribution in [0.5, 0.6) is 0 Å². The first-order valence-electron chi connectivity index (χ1n) is 9.00. The van der Waals surface area contributed by atoms with E-state index in [9.17, 15) is 4.79 Å². The highest BCUT2D eigenvalue weighted by Crippen LogP contribution is 2.29. The number of hydrogen-bond acceptors (Lipinski definition) is 5. The highest BCUT2D eigenvalue weighted by molar-refractivity contribution is 7.13. The first-order valence-corrected chi connectivity index (χ1v) is 9.88. The first-order chi connectivity index (χ1) is 12.6. The summed E-state index contributed by atoms with van der Waals surface area (Å²) in [7, 11) is 1.87. The van der Waals surface area contributed by atoms with Gasteiger partial charge >= 0.3 is 0 Å². The van der Waals surface area contributed by atoms with E-state index in [1.807, 2.05) is 37.6 Å². The maximum absolute atomic E-state index is 12.9. The Morgan fingerprint density at radius 2 is 2.25 bits per heavy atom. The molecule has 28 heavy (non-hydrogen) atoms. The molecule has 6 nitrogen and oxygen atoms in total. The molecule has 0 radical (unpaired) electrons. The maximum atomic E-state index is 12.9. The van der Waals surface area contributed by atoms with Crippen molar-refractivity contribution < 1.29 is 4.79 Å². The molecule has 152 valence electrons. The van der Waals surface area contributed by atoms with E-state index in [0.717, 1.165) is 46.8 Å². The van der Waals surface area contributed by atoms with Gasteiger partial charge in [0.25, 0.3) is 5.91 Å². The number of aromatic nitrogens is 3. The number of nitrogens with one attached hydrogen (secondary N) is 2. The van der Waals surface area contributed by atoms with Gasteiger partial charge in [0.2, 0.25) is 0 Å². The van der Waals surface area contributed by atoms with Crippen LogP contribution in [0.3, 0.4) is 0 Å². The zero-order valence-electron chi connectivity index (χ0n) is 15.9. The van der Waals surface area contributed by atoms with E-state index < -0.39 is 0 Å². The Bertz CT molecular complexity index is 936. The molecule has 0 bridgehead atoms. The molecule has 4 rings (SSSR count). The lowest BCUT2D eigenvalue weighted by atomic mass is 10.0. The summed E-state index contributed by atoms with van der Waals surface area (Å²) in [6.07, 6.45) is 2.20. The third-order valence-electron chi connectivity index (χ3n) is 4.99. The minimum atomic E-state index is -0.0442. The fourth-order valence-corrected chi connectivity index (χ4v) is 4.31. The van der Waals surface area contributed by atoms with Crippen LogP contribution in [-0.4, -0.2) is 40.3 Å². The number of pyridine rings is 1. The molecule has 0 aliphatic carbocycles. The number of carbonyl (C=O) groups excluding carboxylic acids is 1. The van der Waals surface area contributed by atoms with Crippen LogP contribution < -0.4 is 10.6 Å². The molecule has 9 heteroatoms. The molecule has 1 unspecified atom stereocenters. The van der Waals surface area contributed by atoms with Gasteiger partial charge in [-0.15, -0.1) is 36.2 Å². The van der Waals surface area contributed by atoms with Gasteiger partial charge in [-0.05, 0) is 56.3 Å². The summed E-state index contributed by atoms with van der Waals surface area (Å²) in [5.41, 5.74) is 3.06. The summed E-state index contributed by atoms with van der Waals surface area (Å²) in [5.74, 6) is 0.617. The highest BCUT2D eigenvalue weighted by Gasteiger charge is 2.20. The lowest BCUT2D eigenvalue weighted by Gasteiger charge is -2.11. The molecule has 0 spiro atoms. The van der Waals surface area contributed by atoms with Crippen molar-refractivity contribution in [2.75, 3.05) is 19.6 Å². The number of thiophene rings is 1. The SMILES string of the molecule is Cc1nn(C)c2nc(-c3cccs3)cc(C(=O)NCCC3CCNC3)c12.Cl.Cl. The molecule has 1 aliphatic rings. The van der Waals surface area contributed by atoms with Crippen LogP contribution in [0.4, 0.5) is 0 Å². The molecule has 3 aromatic heterocycles. The lowest BCUT2D eigenvalue weighted by molar-refractivity contribution is 0.0953. The van der Waals surface area contributed by atoms with Crippen molar-refractivity contribution in [1.29, 1.82) is 0 Å². The molecule has 1 fully saturated rings. The van der Waals surface area contributed by atoms with Crippen LogP contribution in [0.15, 0.2) is 23.6 Å². The van der Waals surface area contributed by atoms with Crippen LogP contribution in [0.25, 0.3) is 21.6 Å². The van der Waals surface area contributed by atoms with Gasteiger partial charge in [-0.3, -0.25) is 9.48 Å². The van der Waals surface area contributed by atoms with Gasteiger partial charge in [0.1, 0.15) is 0 Å². The van der Waals surface area contributed by atoms with E-state index in [-0.39, 0.29) is 30.7 Å². The predicted octanol–water partition coefficient (Wildman–Crippen LogP) is 3.58. The molecule has 1 atom stereocenters. The molecule has 1 amide bonds. The standard InChI is InChI=1S/C19H23N5OS.2ClH/c1-12-17-14(19(25)21-8-6-13-5-7-20-11-13)10-15(16-4-3-9-26-16)22-18(17)24(2)23-12;;/h3-4,9-10,13,20H,5-8,11H2,1-2H3,(H,21,25);2*1H. The summed E-state index contributed by atoms with van der Waals surface area (Å²) < 4.78 is 1.75. The topological polar surface area (TPSA) is 71.8 Å². The number of carbonyl (C=O) groups is 1. The number of hydrogen-bond donors (Lipinski definition) is 2. The molecule has 0 aromatic carbocycles. The van der Waals surface area contributed by atoms with Gasteiger partial charge in [0.05, 0.1) is 27.2 Å². The minimum Gasteiger partial charge on any atom is -0.352 e. The van der Waals surface area contributed by atoms with Crippen molar-refractivity contribution in [1.82, 2.24) is 25.4 Å². The van der Waals surface area contributed by atoms with Crippen LogP contribution >= 0.6 is 36.2 Å². The lowest BCUT2D eigenvalue weighted by Crippen LogP contribution is -2.26. The second-order valence-electron chi connectivity index (χ2n) is 6.84. The van der Waals surface area contributed by atoms with Gasteiger partial charge in [-0.1, -0.05) is 6.07 Å². The molecule has 1 saturated heterocycles. The van der Waals surface area contributed by atoms with Crippen LogP contribution in [0.2, 0.25) is 0 Å². The average Bonchev–Trinajstić information content (AvgIpc) is 3.37. The first kappa shape index (κ1) is 22.6. The van der Waals surface area contributed by atoms with E-state index in [1.54, 1.807) is 16.0 Å². The summed E-state index contributed by atoms with van der Waals surface area (Å²) in [5, 5.41) is 13.8. The Morgan fingerprint density at radius 1 is 1.43 bits per heavy atom. The summed E-state index contributed by atoms with van der Waals surface area (Å²) in [6.45, 7) is 4.76. The fraction of sp³-hybridized carbons (Fsp3) is 0.421. The van der Waals surface area contributed by atoms with Gasteiger partial charge in [0, 0.05) is 13.6 Å². The Labute approximate surface area is 180 Å². The van der Waals surface area contributed by atoms with Gasteiger partial charge in [-0.2, -0.15) is 5.10 Å². The van der Waals surface area contributed by atoms with E-state index in [1.165, 1.54) is 6.42 Å². The normalized spacial score (nSPS) is 15.9. The smallest absolute Gasteiger partial charge is 0.252 e. The second kappa shape index (κ2) is 9.69. The van der Waals surface area contributed by atoms with Crippen molar-refractivity contribution in [3.8, 4) is 10.6 Å².